The Kier molecular flexibility index (Phi) is 10.2. The fourth-order valence-corrected chi connectivity index (χ4v) is 5.02. The Morgan fingerprint density at radius 2 is 1.70 bits per heavy atom. The minimum atomic E-state index is -0.222. The van der Waals surface area contributed by atoms with Gasteiger partial charge in [-0.15, -0.1) is 24.0 Å². The van der Waals surface area contributed by atoms with Gasteiger partial charge >= 0.3 is 0 Å². The van der Waals surface area contributed by atoms with Crippen molar-refractivity contribution >= 4 is 35.8 Å². The van der Waals surface area contributed by atoms with E-state index in [0.29, 0.717) is 12.6 Å². The second-order valence-corrected chi connectivity index (χ2v) is 9.35. The molecule has 3 fully saturated rings. The van der Waals surface area contributed by atoms with Gasteiger partial charge in [0.25, 0.3) is 5.91 Å². The number of guanidine groups is 1. The number of amides is 1. The van der Waals surface area contributed by atoms with Crippen LogP contribution >= 0.6 is 24.0 Å². The van der Waals surface area contributed by atoms with Crippen LogP contribution in [0.2, 0.25) is 0 Å². The smallest absolute Gasteiger partial charge is 0.251 e. The summed E-state index contributed by atoms with van der Waals surface area (Å²) in [6.07, 6.45) is 5.63. The first-order chi connectivity index (χ1) is 15.6. The summed E-state index contributed by atoms with van der Waals surface area (Å²) in [7, 11) is 1.83. The van der Waals surface area contributed by atoms with Crippen LogP contribution < -0.4 is 5.32 Å². The Bertz CT molecular complexity index is 774. The lowest BCUT2D eigenvalue weighted by atomic mass is 10.0. The highest BCUT2D eigenvalue weighted by Crippen LogP contribution is 2.19. The third kappa shape index (κ3) is 7.05. The summed E-state index contributed by atoms with van der Waals surface area (Å²) in [6.45, 7) is 9.12. The highest BCUT2D eigenvalue weighted by Gasteiger charge is 2.30. The average molecular weight is 570 g/mol. The molecule has 1 aromatic rings. The molecule has 0 spiro atoms. The van der Waals surface area contributed by atoms with E-state index < -0.39 is 0 Å². The number of rotatable bonds is 5. The van der Waals surface area contributed by atoms with Gasteiger partial charge in [-0.1, -0.05) is 30.7 Å². The average Bonchev–Trinajstić information content (AvgIpc) is 3.37. The van der Waals surface area contributed by atoms with Crippen LogP contribution in [0.4, 0.5) is 0 Å². The fraction of sp³-hybridized carbons (Fsp3) is 0.680. The Labute approximate surface area is 215 Å². The summed E-state index contributed by atoms with van der Waals surface area (Å²) in [5.74, 6) is 1.06. The predicted molar refractivity (Wildman–Crippen MR) is 143 cm³/mol. The van der Waals surface area contributed by atoms with E-state index >= 15 is 0 Å². The van der Waals surface area contributed by atoms with E-state index in [0.717, 1.165) is 58.1 Å². The normalized spacial score (nSPS) is 24.5. The number of hydrogen-bond acceptors (Lipinski definition) is 4. The van der Waals surface area contributed by atoms with Crippen molar-refractivity contribution < 1.29 is 9.53 Å². The van der Waals surface area contributed by atoms with Crippen molar-refractivity contribution in [2.75, 3.05) is 46.4 Å². The molecular weight excluding hydrogens is 529 g/mol. The van der Waals surface area contributed by atoms with E-state index in [4.69, 9.17) is 4.74 Å². The van der Waals surface area contributed by atoms with E-state index in [1.165, 1.54) is 36.9 Å². The maximum Gasteiger partial charge on any atom is 0.251 e. The van der Waals surface area contributed by atoms with Gasteiger partial charge in [0.2, 0.25) is 0 Å². The summed E-state index contributed by atoms with van der Waals surface area (Å²) in [4.78, 5) is 23.8. The van der Waals surface area contributed by atoms with Crippen molar-refractivity contribution in [1.29, 1.82) is 0 Å². The first kappa shape index (κ1) is 26.2. The molecule has 7 nitrogen and oxygen atoms in total. The topological polar surface area (TPSA) is 60.4 Å². The van der Waals surface area contributed by atoms with Crippen LogP contribution in [0.15, 0.2) is 29.3 Å². The standard InChI is InChI=1S/C25H39N5O2.HI/c1-20-6-3-4-12-30(20)19-22-10-8-21(9-11-22)18-27-25(26-2)29-15-13-28(14-16-29)24(31)23-7-5-17-32-23;/h8-11,20,23H,3-7,12-19H2,1-2H3,(H,26,27);1H. The second-order valence-electron chi connectivity index (χ2n) is 9.35. The zero-order chi connectivity index (χ0) is 22.3. The van der Waals surface area contributed by atoms with Gasteiger partial charge in [0.1, 0.15) is 6.10 Å². The van der Waals surface area contributed by atoms with E-state index in [-0.39, 0.29) is 36.0 Å². The number of nitrogens with zero attached hydrogens (tertiary/aromatic N) is 4. The highest BCUT2D eigenvalue weighted by molar-refractivity contribution is 14.0. The molecule has 1 amide bonds. The minimum absolute atomic E-state index is 0. The summed E-state index contributed by atoms with van der Waals surface area (Å²) < 4.78 is 5.56. The number of carbonyl (C=O) groups excluding carboxylic acids is 1. The Morgan fingerprint density at radius 1 is 1.00 bits per heavy atom. The zero-order valence-electron chi connectivity index (χ0n) is 20.2. The van der Waals surface area contributed by atoms with Gasteiger partial charge < -0.3 is 19.9 Å². The van der Waals surface area contributed by atoms with Crippen molar-refractivity contribution in [2.24, 2.45) is 4.99 Å². The third-order valence-corrected chi connectivity index (χ3v) is 7.11. The maximum absolute atomic E-state index is 12.6. The van der Waals surface area contributed by atoms with Crippen LogP contribution in [-0.4, -0.2) is 85.1 Å². The summed E-state index contributed by atoms with van der Waals surface area (Å²) >= 11 is 0. The SMILES string of the molecule is CN=C(NCc1ccc(CN2CCCCC2C)cc1)N1CCN(C(=O)C2CCCO2)CC1.I. The molecule has 2 unspecified atom stereocenters. The van der Waals surface area contributed by atoms with Crippen LogP contribution in [0, 0.1) is 0 Å². The van der Waals surface area contributed by atoms with E-state index in [1.54, 1.807) is 0 Å². The van der Waals surface area contributed by atoms with Crippen molar-refractivity contribution in [1.82, 2.24) is 20.0 Å². The van der Waals surface area contributed by atoms with Crippen molar-refractivity contribution in [3.05, 3.63) is 35.4 Å². The largest absolute Gasteiger partial charge is 0.368 e. The van der Waals surface area contributed by atoms with E-state index in [2.05, 4.69) is 51.3 Å². The lowest BCUT2D eigenvalue weighted by Gasteiger charge is -2.37. The van der Waals surface area contributed by atoms with Gasteiger partial charge in [-0.2, -0.15) is 0 Å². The molecule has 3 saturated heterocycles. The van der Waals surface area contributed by atoms with Gasteiger partial charge in [0, 0.05) is 59.0 Å². The molecule has 2 atom stereocenters. The maximum atomic E-state index is 12.6. The van der Waals surface area contributed by atoms with Crippen LogP contribution in [0.5, 0.6) is 0 Å². The summed E-state index contributed by atoms with van der Waals surface area (Å²) in [5, 5.41) is 3.50. The summed E-state index contributed by atoms with van der Waals surface area (Å²) in [5.41, 5.74) is 2.65. The second kappa shape index (κ2) is 12.9. The fourth-order valence-electron chi connectivity index (χ4n) is 5.02. The lowest BCUT2D eigenvalue weighted by Crippen LogP contribution is -2.55. The van der Waals surface area contributed by atoms with Crippen molar-refractivity contribution in [3.63, 3.8) is 0 Å². The minimum Gasteiger partial charge on any atom is -0.368 e. The molecule has 33 heavy (non-hydrogen) atoms. The number of nitrogens with one attached hydrogen (secondary N) is 1. The number of aliphatic imine (C=N–C) groups is 1. The molecular formula is C25H40IN5O2. The number of likely N-dealkylation sites (tertiary alicyclic amines) is 1. The van der Waals surface area contributed by atoms with Gasteiger partial charge in [0.15, 0.2) is 5.96 Å². The Morgan fingerprint density at radius 3 is 2.33 bits per heavy atom. The Hall–Kier alpha value is -1.39. The zero-order valence-corrected chi connectivity index (χ0v) is 22.5. The van der Waals surface area contributed by atoms with E-state index in [9.17, 15) is 4.79 Å². The monoisotopic (exact) mass is 569 g/mol. The number of piperazine rings is 1. The van der Waals surface area contributed by atoms with Crippen molar-refractivity contribution in [2.45, 2.75) is 64.3 Å². The van der Waals surface area contributed by atoms with Crippen LogP contribution in [0.25, 0.3) is 0 Å². The molecule has 0 saturated carbocycles. The molecule has 1 aromatic carbocycles. The Balaban J connectivity index is 0.00000306. The first-order valence-corrected chi connectivity index (χ1v) is 12.3. The van der Waals surface area contributed by atoms with Crippen LogP contribution in [-0.2, 0) is 22.6 Å². The van der Waals surface area contributed by atoms with Crippen molar-refractivity contribution in [3.8, 4) is 0 Å². The third-order valence-electron chi connectivity index (χ3n) is 7.11. The molecule has 8 heteroatoms. The number of ether oxygens (including phenoxy) is 1. The highest BCUT2D eigenvalue weighted by atomic mass is 127. The number of benzene rings is 1. The number of halogens is 1. The molecule has 1 N–H and O–H groups in total. The van der Waals surface area contributed by atoms with Gasteiger partial charge in [-0.05, 0) is 50.3 Å². The summed E-state index contributed by atoms with van der Waals surface area (Å²) in [6, 6.07) is 9.66. The first-order valence-electron chi connectivity index (χ1n) is 12.3. The quantitative estimate of drug-likeness (QED) is 0.336. The van der Waals surface area contributed by atoms with Gasteiger partial charge in [0.05, 0.1) is 0 Å². The van der Waals surface area contributed by atoms with Gasteiger partial charge in [-0.3, -0.25) is 14.7 Å². The van der Waals surface area contributed by atoms with Crippen LogP contribution in [0.1, 0.15) is 50.2 Å². The number of carbonyl (C=O) groups is 1. The molecule has 184 valence electrons. The number of piperidine rings is 1. The molecule has 0 aliphatic carbocycles. The molecule has 4 rings (SSSR count). The lowest BCUT2D eigenvalue weighted by molar-refractivity contribution is -0.142. The molecule has 3 heterocycles. The molecule has 0 aromatic heterocycles. The molecule has 0 radical (unpaired) electrons. The number of hydrogen-bond donors (Lipinski definition) is 1. The molecule has 0 bridgehead atoms. The van der Waals surface area contributed by atoms with E-state index in [1.807, 2.05) is 11.9 Å². The van der Waals surface area contributed by atoms with Gasteiger partial charge in [-0.25, -0.2) is 0 Å². The predicted octanol–water partition coefficient (Wildman–Crippen LogP) is 3.08. The molecule has 3 aliphatic heterocycles. The van der Waals surface area contributed by atoms with Crippen LogP contribution in [0.3, 0.4) is 0 Å². The molecule has 3 aliphatic rings.